The third-order valence-electron chi connectivity index (χ3n) is 13.8. The van der Waals surface area contributed by atoms with E-state index >= 15 is 0 Å². The molecular formula is C65H118O6. The van der Waals surface area contributed by atoms with Gasteiger partial charge in [-0.1, -0.05) is 281 Å². The van der Waals surface area contributed by atoms with Gasteiger partial charge in [0.1, 0.15) is 13.2 Å². The van der Waals surface area contributed by atoms with Gasteiger partial charge in [-0.25, -0.2) is 0 Å². The van der Waals surface area contributed by atoms with Crippen molar-refractivity contribution < 1.29 is 28.6 Å². The molecule has 0 N–H and O–H groups in total. The highest BCUT2D eigenvalue weighted by Gasteiger charge is 2.19. The predicted molar refractivity (Wildman–Crippen MR) is 307 cm³/mol. The summed E-state index contributed by atoms with van der Waals surface area (Å²) >= 11 is 0. The Kier molecular flexibility index (Phi) is 57.7. The minimum atomic E-state index is -0.778. The van der Waals surface area contributed by atoms with Gasteiger partial charge >= 0.3 is 17.9 Å². The fraction of sp³-hybridized carbons (Fsp3) is 0.831. The molecule has 6 nitrogen and oxygen atoms in total. The van der Waals surface area contributed by atoms with E-state index in [0.29, 0.717) is 19.3 Å². The highest BCUT2D eigenvalue weighted by atomic mass is 16.6. The van der Waals surface area contributed by atoms with Crippen molar-refractivity contribution in [1.82, 2.24) is 0 Å². The molecule has 414 valence electrons. The van der Waals surface area contributed by atoms with E-state index in [0.717, 1.165) is 89.9 Å². The molecule has 1 unspecified atom stereocenters. The standard InChI is InChI=1S/C65H118O6/c1-4-7-10-13-16-19-22-25-27-29-30-31-32-33-34-36-37-40-43-46-49-52-55-58-64(67)70-61-62(60-69-63(66)57-54-51-48-45-42-39-24-21-18-15-12-9-6-3)71-65(68)59-56-53-50-47-44-41-38-35-28-26-23-20-17-14-11-8-5-2/h12,15,21-22,24-25,29-30,62H,4-11,13-14,16-20,23,26-28,31-61H2,1-3H3/b15-12-,24-21-,25-22-,30-29-. The van der Waals surface area contributed by atoms with E-state index in [4.69, 9.17) is 14.2 Å². The Labute approximate surface area is 441 Å². The lowest BCUT2D eigenvalue weighted by Crippen LogP contribution is -2.30. The quantitative estimate of drug-likeness (QED) is 0.0261. The molecular weight excluding hydrogens is 877 g/mol. The third kappa shape index (κ3) is 58.1. The number of hydrogen-bond donors (Lipinski definition) is 0. The van der Waals surface area contributed by atoms with Gasteiger partial charge in [0.25, 0.3) is 0 Å². The van der Waals surface area contributed by atoms with Crippen LogP contribution >= 0.6 is 0 Å². The maximum absolute atomic E-state index is 12.9. The first-order valence-electron chi connectivity index (χ1n) is 31.1. The molecule has 0 heterocycles. The van der Waals surface area contributed by atoms with Crippen LogP contribution in [0.5, 0.6) is 0 Å². The lowest BCUT2D eigenvalue weighted by Gasteiger charge is -2.18. The Morgan fingerprint density at radius 1 is 0.282 bits per heavy atom. The molecule has 0 fully saturated rings. The van der Waals surface area contributed by atoms with Gasteiger partial charge in [0.15, 0.2) is 6.10 Å². The van der Waals surface area contributed by atoms with Crippen LogP contribution in [0.1, 0.15) is 329 Å². The third-order valence-corrected chi connectivity index (χ3v) is 13.8. The van der Waals surface area contributed by atoms with Crippen LogP contribution in [0.25, 0.3) is 0 Å². The first kappa shape index (κ1) is 68.4. The van der Waals surface area contributed by atoms with Crippen molar-refractivity contribution >= 4 is 17.9 Å². The largest absolute Gasteiger partial charge is 0.462 e. The highest BCUT2D eigenvalue weighted by Crippen LogP contribution is 2.17. The van der Waals surface area contributed by atoms with Gasteiger partial charge in [-0.05, 0) is 77.0 Å². The molecule has 0 saturated carbocycles. The van der Waals surface area contributed by atoms with Crippen molar-refractivity contribution in [3.63, 3.8) is 0 Å². The van der Waals surface area contributed by atoms with Gasteiger partial charge < -0.3 is 14.2 Å². The molecule has 0 aromatic carbocycles. The highest BCUT2D eigenvalue weighted by molar-refractivity contribution is 5.71. The average Bonchev–Trinajstić information content (AvgIpc) is 3.37. The second-order valence-corrected chi connectivity index (χ2v) is 21.0. The summed E-state index contributed by atoms with van der Waals surface area (Å²) in [6, 6.07) is 0. The summed E-state index contributed by atoms with van der Waals surface area (Å²) in [6.45, 7) is 6.60. The Hall–Kier alpha value is -2.63. The lowest BCUT2D eigenvalue weighted by atomic mass is 10.0. The van der Waals surface area contributed by atoms with Gasteiger partial charge in [0.2, 0.25) is 0 Å². The molecule has 0 aliphatic heterocycles. The zero-order chi connectivity index (χ0) is 51.4. The molecule has 0 aromatic heterocycles. The van der Waals surface area contributed by atoms with Crippen molar-refractivity contribution in [2.75, 3.05) is 13.2 Å². The number of carbonyl (C=O) groups excluding carboxylic acids is 3. The second-order valence-electron chi connectivity index (χ2n) is 21.0. The van der Waals surface area contributed by atoms with Crippen molar-refractivity contribution in [2.45, 2.75) is 335 Å². The molecule has 71 heavy (non-hydrogen) atoms. The molecule has 0 aliphatic carbocycles. The smallest absolute Gasteiger partial charge is 0.306 e. The van der Waals surface area contributed by atoms with Gasteiger partial charge in [-0.2, -0.15) is 0 Å². The SMILES string of the molecule is CCC/C=C\C/C=C\CCCCCCCC(=O)OCC(COC(=O)CCCCCCCCCCCCC/C=C\C/C=C\CCCCCCC)OC(=O)CCCCCCCCCCCCCCCCCCC. The summed E-state index contributed by atoms with van der Waals surface area (Å²) in [5.74, 6) is -0.873. The van der Waals surface area contributed by atoms with E-state index in [1.54, 1.807) is 0 Å². The molecule has 0 saturated heterocycles. The Morgan fingerprint density at radius 3 is 0.831 bits per heavy atom. The van der Waals surface area contributed by atoms with E-state index in [2.05, 4.69) is 69.4 Å². The van der Waals surface area contributed by atoms with E-state index in [9.17, 15) is 14.4 Å². The maximum atomic E-state index is 12.9. The van der Waals surface area contributed by atoms with Crippen LogP contribution in [0.4, 0.5) is 0 Å². The normalized spacial score (nSPS) is 12.3. The number of esters is 3. The van der Waals surface area contributed by atoms with Crippen LogP contribution in [0.15, 0.2) is 48.6 Å². The molecule has 0 radical (unpaired) electrons. The molecule has 1 atom stereocenters. The van der Waals surface area contributed by atoms with Crippen molar-refractivity contribution in [3.8, 4) is 0 Å². The van der Waals surface area contributed by atoms with Crippen LogP contribution < -0.4 is 0 Å². The summed E-state index contributed by atoms with van der Waals surface area (Å²) in [7, 11) is 0. The Bertz CT molecular complexity index is 1230. The number of hydrogen-bond acceptors (Lipinski definition) is 6. The summed E-state index contributed by atoms with van der Waals surface area (Å²) in [5, 5.41) is 0. The molecule has 6 heteroatoms. The van der Waals surface area contributed by atoms with Gasteiger partial charge in [-0.3, -0.25) is 14.4 Å². The summed E-state index contributed by atoms with van der Waals surface area (Å²) < 4.78 is 16.9. The minimum Gasteiger partial charge on any atom is -0.462 e. The molecule has 0 aliphatic rings. The Balaban J connectivity index is 4.29. The van der Waals surface area contributed by atoms with E-state index in [-0.39, 0.29) is 31.1 Å². The van der Waals surface area contributed by atoms with Crippen molar-refractivity contribution in [2.24, 2.45) is 0 Å². The van der Waals surface area contributed by atoms with Crippen LogP contribution in [0.2, 0.25) is 0 Å². The molecule has 0 spiro atoms. The zero-order valence-corrected chi connectivity index (χ0v) is 47.5. The van der Waals surface area contributed by atoms with E-state index in [1.165, 1.54) is 199 Å². The summed E-state index contributed by atoms with van der Waals surface area (Å²) in [4.78, 5) is 38.2. The monoisotopic (exact) mass is 995 g/mol. The van der Waals surface area contributed by atoms with E-state index in [1.807, 2.05) is 0 Å². The summed E-state index contributed by atoms with van der Waals surface area (Å²) in [6.07, 6.45) is 74.0. The number of ether oxygens (including phenoxy) is 3. The molecule has 0 amide bonds. The fourth-order valence-electron chi connectivity index (χ4n) is 9.10. The number of allylic oxidation sites excluding steroid dienone is 8. The van der Waals surface area contributed by atoms with Gasteiger partial charge in [0, 0.05) is 19.3 Å². The van der Waals surface area contributed by atoms with Crippen molar-refractivity contribution in [3.05, 3.63) is 48.6 Å². The zero-order valence-electron chi connectivity index (χ0n) is 47.5. The first-order chi connectivity index (χ1) is 35.0. The number of carbonyl (C=O) groups is 3. The van der Waals surface area contributed by atoms with Crippen LogP contribution in [-0.2, 0) is 28.6 Å². The Morgan fingerprint density at radius 2 is 0.535 bits per heavy atom. The topological polar surface area (TPSA) is 78.9 Å². The van der Waals surface area contributed by atoms with Crippen LogP contribution in [-0.4, -0.2) is 37.2 Å². The fourth-order valence-corrected chi connectivity index (χ4v) is 9.10. The predicted octanol–water partition coefficient (Wildman–Crippen LogP) is 21.0. The average molecular weight is 996 g/mol. The first-order valence-corrected chi connectivity index (χ1v) is 31.1. The molecule has 0 rings (SSSR count). The van der Waals surface area contributed by atoms with Crippen molar-refractivity contribution in [1.29, 1.82) is 0 Å². The minimum absolute atomic E-state index is 0.0754. The van der Waals surface area contributed by atoms with Crippen LogP contribution in [0.3, 0.4) is 0 Å². The van der Waals surface area contributed by atoms with E-state index < -0.39 is 6.10 Å². The van der Waals surface area contributed by atoms with Crippen LogP contribution in [0, 0.1) is 0 Å². The summed E-state index contributed by atoms with van der Waals surface area (Å²) in [5.41, 5.74) is 0. The van der Waals surface area contributed by atoms with Gasteiger partial charge in [0.05, 0.1) is 0 Å². The maximum Gasteiger partial charge on any atom is 0.306 e. The molecule has 0 bridgehead atoms. The number of unbranched alkanes of at least 4 members (excludes halogenated alkanes) is 38. The lowest BCUT2D eigenvalue weighted by molar-refractivity contribution is -0.167. The van der Waals surface area contributed by atoms with Gasteiger partial charge in [-0.15, -0.1) is 0 Å². The number of rotatable bonds is 57. The molecule has 0 aromatic rings. The second kappa shape index (κ2) is 59.9.